The summed E-state index contributed by atoms with van der Waals surface area (Å²) in [5.74, 6) is 0.756. The van der Waals surface area contributed by atoms with Crippen LogP contribution >= 0.6 is 0 Å². The third kappa shape index (κ3) is 1.35. The van der Waals surface area contributed by atoms with E-state index in [9.17, 15) is 4.79 Å². The van der Waals surface area contributed by atoms with E-state index in [-0.39, 0.29) is 11.7 Å². The van der Waals surface area contributed by atoms with Gasteiger partial charge in [-0.1, -0.05) is 0 Å². The van der Waals surface area contributed by atoms with Crippen molar-refractivity contribution in [2.75, 3.05) is 6.54 Å². The molecule has 2 aromatic rings. The second-order valence-corrected chi connectivity index (χ2v) is 3.50. The molecule has 0 spiro atoms. The molecule has 0 saturated carbocycles. The van der Waals surface area contributed by atoms with Crippen molar-refractivity contribution in [1.82, 2.24) is 35.1 Å². The number of nitrogens with zero attached hydrogens (tertiary/aromatic N) is 6. The van der Waals surface area contributed by atoms with Gasteiger partial charge >= 0.3 is 0 Å². The smallest absolute Gasteiger partial charge is 0.295 e. The van der Waals surface area contributed by atoms with Crippen LogP contribution in [0, 0.1) is 0 Å². The van der Waals surface area contributed by atoms with Crippen molar-refractivity contribution in [3.8, 4) is 0 Å². The van der Waals surface area contributed by atoms with E-state index in [1.807, 2.05) is 10.8 Å². The summed E-state index contributed by atoms with van der Waals surface area (Å²) in [5, 5.41) is 13.0. The highest BCUT2D eigenvalue weighted by molar-refractivity contribution is 5.90. The summed E-state index contributed by atoms with van der Waals surface area (Å²) in [6.45, 7) is 1.87. The summed E-state index contributed by atoms with van der Waals surface area (Å²) in [5.41, 5.74) is 0. The number of amides is 1. The van der Waals surface area contributed by atoms with E-state index in [4.69, 9.17) is 0 Å². The normalized spacial score (nSPS) is 14.9. The highest BCUT2D eigenvalue weighted by atomic mass is 16.2. The minimum absolute atomic E-state index is 0.0972. The molecule has 8 heteroatoms. The van der Waals surface area contributed by atoms with E-state index in [2.05, 4.69) is 25.6 Å². The van der Waals surface area contributed by atoms with Crippen molar-refractivity contribution in [1.29, 1.82) is 0 Å². The Labute approximate surface area is 90.3 Å². The SMILES string of the molecule is O=C(c1nn[nH]n1)N1CCn2ccnc2C1. The first kappa shape index (κ1) is 9.01. The van der Waals surface area contributed by atoms with E-state index < -0.39 is 0 Å². The third-order valence-electron chi connectivity index (χ3n) is 2.57. The lowest BCUT2D eigenvalue weighted by molar-refractivity contribution is 0.0695. The summed E-state index contributed by atoms with van der Waals surface area (Å²) in [4.78, 5) is 17.7. The van der Waals surface area contributed by atoms with Crippen LogP contribution in [0.1, 0.15) is 16.4 Å². The van der Waals surface area contributed by atoms with E-state index in [0.29, 0.717) is 13.1 Å². The van der Waals surface area contributed by atoms with E-state index in [0.717, 1.165) is 12.4 Å². The zero-order valence-corrected chi connectivity index (χ0v) is 8.37. The molecule has 1 amide bonds. The van der Waals surface area contributed by atoms with Crippen molar-refractivity contribution in [2.45, 2.75) is 13.1 Å². The van der Waals surface area contributed by atoms with Crippen LogP contribution in [-0.2, 0) is 13.1 Å². The number of aromatic amines is 1. The summed E-state index contributed by atoms with van der Waals surface area (Å²) >= 11 is 0. The molecule has 0 aromatic carbocycles. The summed E-state index contributed by atoms with van der Waals surface area (Å²) in [6, 6.07) is 0. The van der Waals surface area contributed by atoms with Crippen LogP contribution in [-0.4, -0.2) is 47.5 Å². The van der Waals surface area contributed by atoms with Gasteiger partial charge in [0.2, 0.25) is 0 Å². The molecule has 8 nitrogen and oxygen atoms in total. The third-order valence-corrected chi connectivity index (χ3v) is 2.57. The number of aromatic nitrogens is 6. The number of nitrogens with one attached hydrogen (secondary N) is 1. The maximum absolute atomic E-state index is 11.9. The van der Waals surface area contributed by atoms with Crippen molar-refractivity contribution in [2.24, 2.45) is 0 Å². The molecular formula is C8H9N7O. The van der Waals surface area contributed by atoms with Crippen molar-refractivity contribution >= 4 is 5.91 Å². The predicted molar refractivity (Wildman–Crippen MR) is 51.1 cm³/mol. The van der Waals surface area contributed by atoms with Gasteiger partial charge in [-0.3, -0.25) is 4.79 Å². The quantitative estimate of drug-likeness (QED) is 0.667. The first-order valence-corrected chi connectivity index (χ1v) is 4.87. The standard InChI is InChI=1S/C8H9N7O/c16-8(7-10-12-13-11-7)15-4-3-14-2-1-9-6(14)5-15/h1-2H,3-5H2,(H,10,11,12,13). The molecule has 0 saturated heterocycles. The number of rotatable bonds is 1. The number of carbonyl (C=O) groups is 1. The van der Waals surface area contributed by atoms with Gasteiger partial charge < -0.3 is 9.47 Å². The molecular weight excluding hydrogens is 210 g/mol. The van der Waals surface area contributed by atoms with E-state index >= 15 is 0 Å². The van der Waals surface area contributed by atoms with Crippen LogP contribution in [0.15, 0.2) is 12.4 Å². The van der Waals surface area contributed by atoms with Crippen LogP contribution in [0.25, 0.3) is 0 Å². The number of H-pyrrole nitrogens is 1. The van der Waals surface area contributed by atoms with Gasteiger partial charge in [-0.25, -0.2) is 4.98 Å². The van der Waals surface area contributed by atoms with Gasteiger partial charge in [-0.15, -0.1) is 10.2 Å². The average Bonchev–Trinajstić information content (AvgIpc) is 2.98. The lowest BCUT2D eigenvalue weighted by Crippen LogP contribution is -2.38. The van der Waals surface area contributed by atoms with Gasteiger partial charge in [-0.05, 0) is 5.21 Å². The van der Waals surface area contributed by atoms with Crippen LogP contribution in [0.3, 0.4) is 0 Å². The maximum Gasteiger partial charge on any atom is 0.295 e. The molecule has 2 aromatic heterocycles. The molecule has 1 aliphatic heterocycles. The molecule has 16 heavy (non-hydrogen) atoms. The Morgan fingerprint density at radius 1 is 1.44 bits per heavy atom. The van der Waals surface area contributed by atoms with Gasteiger partial charge in [-0.2, -0.15) is 5.21 Å². The second-order valence-electron chi connectivity index (χ2n) is 3.50. The molecule has 0 fully saturated rings. The minimum atomic E-state index is -0.219. The monoisotopic (exact) mass is 219 g/mol. The number of hydrogen-bond donors (Lipinski definition) is 1. The number of imidazole rings is 1. The van der Waals surface area contributed by atoms with Crippen LogP contribution < -0.4 is 0 Å². The van der Waals surface area contributed by atoms with Crippen molar-refractivity contribution in [3.05, 3.63) is 24.0 Å². The Hall–Kier alpha value is -2.25. The fraction of sp³-hybridized carbons (Fsp3) is 0.375. The molecule has 1 N–H and O–H groups in total. The first-order chi connectivity index (χ1) is 7.84. The van der Waals surface area contributed by atoms with Gasteiger partial charge in [0.1, 0.15) is 5.82 Å². The van der Waals surface area contributed by atoms with E-state index in [1.165, 1.54) is 0 Å². The highest BCUT2D eigenvalue weighted by Crippen LogP contribution is 2.11. The summed E-state index contributed by atoms with van der Waals surface area (Å²) in [6.07, 6.45) is 3.64. The zero-order valence-electron chi connectivity index (χ0n) is 8.37. The van der Waals surface area contributed by atoms with Crippen molar-refractivity contribution in [3.63, 3.8) is 0 Å². The maximum atomic E-state index is 11.9. The topological polar surface area (TPSA) is 92.6 Å². The fourth-order valence-electron chi connectivity index (χ4n) is 1.74. The minimum Gasteiger partial charge on any atom is -0.332 e. The Morgan fingerprint density at radius 2 is 2.38 bits per heavy atom. The van der Waals surface area contributed by atoms with Gasteiger partial charge in [0, 0.05) is 25.5 Å². The number of hydrogen-bond acceptors (Lipinski definition) is 5. The number of tetrazole rings is 1. The first-order valence-electron chi connectivity index (χ1n) is 4.87. The lowest BCUT2D eigenvalue weighted by Gasteiger charge is -2.26. The van der Waals surface area contributed by atoms with Crippen LogP contribution in [0.4, 0.5) is 0 Å². The molecule has 1 aliphatic rings. The summed E-state index contributed by atoms with van der Waals surface area (Å²) < 4.78 is 2.03. The van der Waals surface area contributed by atoms with Gasteiger partial charge in [0.25, 0.3) is 11.7 Å². The Morgan fingerprint density at radius 3 is 3.19 bits per heavy atom. The van der Waals surface area contributed by atoms with E-state index in [1.54, 1.807) is 11.1 Å². The second kappa shape index (κ2) is 3.40. The lowest BCUT2D eigenvalue weighted by atomic mass is 10.3. The van der Waals surface area contributed by atoms with Crippen molar-refractivity contribution < 1.29 is 4.79 Å². The molecule has 0 radical (unpaired) electrons. The fourth-order valence-corrected chi connectivity index (χ4v) is 1.74. The Kier molecular flexibility index (Phi) is 1.92. The van der Waals surface area contributed by atoms with Gasteiger partial charge in [0.05, 0.1) is 6.54 Å². The van der Waals surface area contributed by atoms with Crippen LogP contribution in [0.2, 0.25) is 0 Å². The largest absolute Gasteiger partial charge is 0.332 e. The molecule has 3 heterocycles. The predicted octanol–water partition coefficient (Wildman–Crippen LogP) is -0.948. The van der Waals surface area contributed by atoms with Crippen LogP contribution in [0.5, 0.6) is 0 Å². The van der Waals surface area contributed by atoms with Gasteiger partial charge in [0.15, 0.2) is 0 Å². The average molecular weight is 219 g/mol. The molecule has 3 rings (SSSR count). The molecule has 0 bridgehead atoms. The number of fused-ring (bicyclic) bond motifs is 1. The zero-order chi connectivity index (χ0) is 11.0. The molecule has 82 valence electrons. The Bertz CT molecular complexity index is 502. The number of carbonyl (C=O) groups excluding carboxylic acids is 1. The molecule has 0 unspecified atom stereocenters. The summed E-state index contributed by atoms with van der Waals surface area (Å²) in [7, 11) is 0. The Balaban J connectivity index is 1.81. The molecule has 0 aliphatic carbocycles. The highest BCUT2D eigenvalue weighted by Gasteiger charge is 2.24. The molecule has 0 atom stereocenters.